The zero-order chi connectivity index (χ0) is 10.4. The SMILES string of the molecule is NC(=S)N/N=C/Cc1ccccc1F. The van der Waals surface area contributed by atoms with Crippen LogP contribution in [0.25, 0.3) is 0 Å². The Morgan fingerprint density at radius 3 is 2.93 bits per heavy atom. The van der Waals surface area contributed by atoms with E-state index in [-0.39, 0.29) is 10.9 Å². The number of rotatable bonds is 3. The van der Waals surface area contributed by atoms with E-state index in [1.54, 1.807) is 18.2 Å². The van der Waals surface area contributed by atoms with Crippen LogP contribution >= 0.6 is 12.2 Å². The predicted octanol–water partition coefficient (Wildman–Crippen LogP) is 1.19. The quantitative estimate of drug-likeness (QED) is 0.448. The first-order chi connectivity index (χ1) is 6.70. The summed E-state index contributed by atoms with van der Waals surface area (Å²) in [6.45, 7) is 0. The number of nitrogens with zero attached hydrogens (tertiary/aromatic N) is 1. The Balaban J connectivity index is 2.49. The molecular weight excluding hydrogens is 201 g/mol. The molecule has 1 aromatic carbocycles. The van der Waals surface area contributed by atoms with E-state index in [9.17, 15) is 4.39 Å². The molecule has 74 valence electrons. The lowest BCUT2D eigenvalue weighted by atomic mass is 10.1. The fraction of sp³-hybridized carbons (Fsp3) is 0.111. The molecule has 3 N–H and O–H groups in total. The first kappa shape index (κ1) is 10.6. The fourth-order valence-corrected chi connectivity index (χ4v) is 0.970. The van der Waals surface area contributed by atoms with Crippen LogP contribution < -0.4 is 11.2 Å². The summed E-state index contributed by atoms with van der Waals surface area (Å²) < 4.78 is 13.0. The highest BCUT2D eigenvalue weighted by molar-refractivity contribution is 7.80. The second kappa shape index (κ2) is 5.29. The van der Waals surface area contributed by atoms with E-state index in [0.717, 1.165) is 0 Å². The summed E-state index contributed by atoms with van der Waals surface area (Å²) >= 11 is 4.53. The lowest BCUT2D eigenvalue weighted by Crippen LogP contribution is -2.24. The van der Waals surface area contributed by atoms with Gasteiger partial charge in [0.05, 0.1) is 0 Å². The van der Waals surface area contributed by atoms with Crippen LogP contribution in [-0.4, -0.2) is 11.3 Å². The number of nitrogens with one attached hydrogen (secondary N) is 1. The zero-order valence-electron chi connectivity index (χ0n) is 7.40. The highest BCUT2D eigenvalue weighted by Gasteiger charge is 1.96. The molecule has 0 fully saturated rings. The summed E-state index contributed by atoms with van der Waals surface area (Å²) in [5.41, 5.74) is 8.11. The third-order valence-corrected chi connectivity index (χ3v) is 1.63. The van der Waals surface area contributed by atoms with E-state index in [1.807, 2.05) is 0 Å². The third-order valence-electron chi connectivity index (χ3n) is 1.54. The Morgan fingerprint density at radius 2 is 2.29 bits per heavy atom. The number of nitrogens with two attached hydrogens (primary N) is 1. The van der Waals surface area contributed by atoms with Gasteiger partial charge in [0.15, 0.2) is 5.11 Å². The molecule has 0 aliphatic rings. The van der Waals surface area contributed by atoms with Gasteiger partial charge in [0.25, 0.3) is 0 Å². The van der Waals surface area contributed by atoms with Crippen molar-refractivity contribution >= 4 is 23.5 Å². The average molecular weight is 211 g/mol. The van der Waals surface area contributed by atoms with Gasteiger partial charge in [-0.25, -0.2) is 4.39 Å². The third kappa shape index (κ3) is 3.49. The van der Waals surface area contributed by atoms with Crippen molar-refractivity contribution < 1.29 is 4.39 Å². The minimum Gasteiger partial charge on any atom is -0.375 e. The molecular formula is C9H10FN3S. The molecule has 0 atom stereocenters. The lowest BCUT2D eigenvalue weighted by Gasteiger charge is -1.97. The van der Waals surface area contributed by atoms with Crippen molar-refractivity contribution in [3.63, 3.8) is 0 Å². The minimum atomic E-state index is -0.241. The molecule has 5 heteroatoms. The normalized spacial score (nSPS) is 10.4. The van der Waals surface area contributed by atoms with Gasteiger partial charge in [-0.3, -0.25) is 5.43 Å². The number of benzene rings is 1. The monoisotopic (exact) mass is 211 g/mol. The van der Waals surface area contributed by atoms with Crippen molar-refractivity contribution in [3.05, 3.63) is 35.6 Å². The molecule has 0 radical (unpaired) electrons. The topological polar surface area (TPSA) is 50.4 Å². The first-order valence-corrected chi connectivity index (χ1v) is 4.41. The molecule has 0 spiro atoms. The molecule has 1 aromatic rings. The first-order valence-electron chi connectivity index (χ1n) is 4.00. The van der Waals surface area contributed by atoms with E-state index < -0.39 is 0 Å². The Morgan fingerprint density at radius 1 is 1.57 bits per heavy atom. The standard InChI is InChI=1S/C9H10FN3S/c10-8-4-2-1-3-7(8)5-6-12-13-9(11)14/h1-4,6H,5H2,(H3,11,13,14)/b12-6+. The molecule has 0 aliphatic heterocycles. The van der Waals surface area contributed by atoms with Gasteiger partial charge < -0.3 is 5.73 Å². The van der Waals surface area contributed by atoms with Crippen molar-refractivity contribution in [2.24, 2.45) is 10.8 Å². The Labute approximate surface area is 86.8 Å². The number of thiocarbonyl (C=S) groups is 1. The van der Waals surface area contributed by atoms with Gasteiger partial charge in [-0.15, -0.1) is 0 Å². The van der Waals surface area contributed by atoms with Crippen molar-refractivity contribution in [3.8, 4) is 0 Å². The average Bonchev–Trinajstić information content (AvgIpc) is 2.15. The molecule has 0 heterocycles. The molecule has 0 bridgehead atoms. The minimum absolute atomic E-state index is 0.0924. The summed E-state index contributed by atoms with van der Waals surface area (Å²) in [6.07, 6.45) is 1.92. The summed E-state index contributed by atoms with van der Waals surface area (Å²) in [6, 6.07) is 6.52. The molecule has 1 rings (SSSR count). The van der Waals surface area contributed by atoms with Gasteiger partial charge in [-0.1, -0.05) is 18.2 Å². The summed E-state index contributed by atoms with van der Waals surface area (Å²) in [7, 11) is 0. The van der Waals surface area contributed by atoms with E-state index in [1.165, 1.54) is 12.3 Å². The van der Waals surface area contributed by atoms with Crippen molar-refractivity contribution in [2.75, 3.05) is 0 Å². The van der Waals surface area contributed by atoms with Gasteiger partial charge in [0.2, 0.25) is 0 Å². The maximum Gasteiger partial charge on any atom is 0.184 e. The molecule has 0 aliphatic carbocycles. The molecule has 3 nitrogen and oxygen atoms in total. The van der Waals surface area contributed by atoms with Gasteiger partial charge in [-0.05, 0) is 23.8 Å². The molecule has 0 saturated carbocycles. The van der Waals surface area contributed by atoms with Crippen molar-refractivity contribution in [1.29, 1.82) is 0 Å². The summed E-state index contributed by atoms with van der Waals surface area (Å²) in [5, 5.41) is 3.79. The molecule has 14 heavy (non-hydrogen) atoms. The van der Waals surface area contributed by atoms with Gasteiger partial charge >= 0.3 is 0 Å². The van der Waals surface area contributed by atoms with Crippen LogP contribution in [0.5, 0.6) is 0 Å². The number of hydrazone groups is 1. The van der Waals surface area contributed by atoms with E-state index >= 15 is 0 Å². The van der Waals surface area contributed by atoms with Crippen LogP contribution in [0.2, 0.25) is 0 Å². The smallest absolute Gasteiger partial charge is 0.184 e. The lowest BCUT2D eigenvalue weighted by molar-refractivity contribution is 0.616. The number of hydrogen-bond donors (Lipinski definition) is 2. The number of hydrogen-bond acceptors (Lipinski definition) is 2. The Hall–Kier alpha value is -1.49. The van der Waals surface area contributed by atoms with Crippen LogP contribution in [0.15, 0.2) is 29.4 Å². The highest BCUT2D eigenvalue weighted by Crippen LogP contribution is 2.05. The van der Waals surface area contributed by atoms with Gasteiger partial charge in [-0.2, -0.15) is 5.10 Å². The maximum absolute atomic E-state index is 13.0. The predicted molar refractivity (Wildman–Crippen MR) is 58.5 cm³/mol. The zero-order valence-corrected chi connectivity index (χ0v) is 8.22. The van der Waals surface area contributed by atoms with Crippen LogP contribution in [0.3, 0.4) is 0 Å². The molecule has 0 saturated heterocycles. The second-order valence-corrected chi connectivity index (χ2v) is 3.02. The second-order valence-electron chi connectivity index (χ2n) is 2.58. The van der Waals surface area contributed by atoms with E-state index in [4.69, 9.17) is 5.73 Å². The Bertz CT molecular complexity index is 352. The van der Waals surface area contributed by atoms with Crippen LogP contribution in [0.1, 0.15) is 5.56 Å². The molecule has 0 amide bonds. The van der Waals surface area contributed by atoms with E-state index in [0.29, 0.717) is 12.0 Å². The van der Waals surface area contributed by atoms with Crippen LogP contribution in [-0.2, 0) is 6.42 Å². The highest BCUT2D eigenvalue weighted by atomic mass is 32.1. The maximum atomic E-state index is 13.0. The van der Waals surface area contributed by atoms with Crippen molar-refractivity contribution in [2.45, 2.75) is 6.42 Å². The summed E-state index contributed by atoms with van der Waals surface area (Å²) in [4.78, 5) is 0. The largest absolute Gasteiger partial charge is 0.375 e. The van der Waals surface area contributed by atoms with Gasteiger partial charge in [0, 0.05) is 12.6 Å². The van der Waals surface area contributed by atoms with Crippen LogP contribution in [0, 0.1) is 5.82 Å². The number of halogens is 1. The van der Waals surface area contributed by atoms with Gasteiger partial charge in [0.1, 0.15) is 5.82 Å². The van der Waals surface area contributed by atoms with Crippen LogP contribution in [0.4, 0.5) is 4.39 Å². The van der Waals surface area contributed by atoms with E-state index in [2.05, 4.69) is 22.7 Å². The summed E-state index contributed by atoms with van der Waals surface area (Å²) in [5.74, 6) is -0.241. The Kier molecular flexibility index (Phi) is 4.00. The molecule has 0 unspecified atom stereocenters. The molecule has 0 aromatic heterocycles. The van der Waals surface area contributed by atoms with Crippen molar-refractivity contribution in [1.82, 2.24) is 5.43 Å². The fourth-order valence-electron chi connectivity index (χ4n) is 0.917.